The zero-order valence-corrected chi connectivity index (χ0v) is 21.7. The first kappa shape index (κ1) is 26.6. The summed E-state index contributed by atoms with van der Waals surface area (Å²) in [5, 5.41) is 3.37. The van der Waals surface area contributed by atoms with Crippen molar-refractivity contribution >= 4 is 43.2 Å². The van der Waals surface area contributed by atoms with Crippen LogP contribution >= 0.6 is 11.6 Å². The summed E-state index contributed by atoms with van der Waals surface area (Å²) >= 11 is 5.86. The number of piperidine rings is 1. The molecule has 8 nitrogen and oxygen atoms in total. The molecule has 186 valence electrons. The van der Waals surface area contributed by atoms with Gasteiger partial charge in [-0.05, 0) is 54.8 Å². The quantitative estimate of drug-likeness (QED) is 0.537. The number of nitrogens with one attached hydrogen (secondary N) is 1. The van der Waals surface area contributed by atoms with Crippen LogP contribution in [-0.2, 0) is 30.6 Å². The standard InChI is InChI=1S/C23H30ClN3O5S2/c1-3-26(4-2)34(31,32)22-11-9-21(10-12-22)25-23(28)19-13-15-27(16-14-19)33(29,30)17-18-5-7-20(24)8-6-18/h5-12,19H,3-4,13-17H2,1-2H3,(H,25,28). The molecular formula is C23H30ClN3O5S2. The van der Waals surface area contributed by atoms with E-state index in [-0.39, 0.29) is 35.6 Å². The molecule has 0 atom stereocenters. The van der Waals surface area contributed by atoms with Crippen molar-refractivity contribution in [2.75, 3.05) is 31.5 Å². The van der Waals surface area contributed by atoms with Crippen LogP contribution in [0.1, 0.15) is 32.3 Å². The summed E-state index contributed by atoms with van der Waals surface area (Å²) in [6.07, 6.45) is 0.834. The van der Waals surface area contributed by atoms with E-state index in [1.54, 1.807) is 50.2 Å². The highest BCUT2D eigenvalue weighted by Gasteiger charge is 2.31. The van der Waals surface area contributed by atoms with E-state index in [2.05, 4.69) is 5.32 Å². The average molecular weight is 528 g/mol. The maximum atomic E-state index is 12.8. The third kappa shape index (κ3) is 6.37. The lowest BCUT2D eigenvalue weighted by molar-refractivity contribution is -0.120. The van der Waals surface area contributed by atoms with Gasteiger partial charge in [-0.3, -0.25) is 4.79 Å². The number of sulfonamides is 2. The topological polar surface area (TPSA) is 104 Å². The lowest BCUT2D eigenvalue weighted by Crippen LogP contribution is -2.41. The molecular weight excluding hydrogens is 498 g/mol. The molecule has 1 N–H and O–H groups in total. The monoisotopic (exact) mass is 527 g/mol. The molecule has 1 saturated heterocycles. The number of nitrogens with zero attached hydrogens (tertiary/aromatic N) is 2. The number of benzene rings is 2. The first-order valence-electron chi connectivity index (χ1n) is 11.2. The summed E-state index contributed by atoms with van der Waals surface area (Å²) in [5.74, 6) is -0.626. The molecule has 34 heavy (non-hydrogen) atoms. The summed E-state index contributed by atoms with van der Waals surface area (Å²) in [4.78, 5) is 12.9. The minimum atomic E-state index is -3.56. The van der Waals surface area contributed by atoms with Gasteiger partial charge in [0.2, 0.25) is 26.0 Å². The number of rotatable bonds is 9. The zero-order valence-electron chi connectivity index (χ0n) is 19.3. The summed E-state index contributed by atoms with van der Waals surface area (Å²) in [7, 11) is -7.05. The van der Waals surface area contributed by atoms with Gasteiger partial charge in [0.05, 0.1) is 10.6 Å². The Balaban J connectivity index is 1.56. The average Bonchev–Trinajstić information content (AvgIpc) is 2.81. The van der Waals surface area contributed by atoms with Gasteiger partial charge in [-0.15, -0.1) is 0 Å². The minimum Gasteiger partial charge on any atom is -0.326 e. The second kappa shape index (κ2) is 11.2. The molecule has 0 saturated carbocycles. The Morgan fingerprint density at radius 3 is 2.06 bits per heavy atom. The van der Waals surface area contributed by atoms with Crippen LogP contribution in [0.4, 0.5) is 5.69 Å². The van der Waals surface area contributed by atoms with Gasteiger partial charge in [-0.2, -0.15) is 4.31 Å². The number of anilines is 1. The van der Waals surface area contributed by atoms with Gasteiger partial charge < -0.3 is 5.32 Å². The fourth-order valence-corrected chi connectivity index (χ4v) is 7.09. The lowest BCUT2D eigenvalue weighted by Gasteiger charge is -2.30. The van der Waals surface area contributed by atoms with E-state index in [9.17, 15) is 21.6 Å². The van der Waals surface area contributed by atoms with E-state index in [0.29, 0.717) is 42.2 Å². The largest absolute Gasteiger partial charge is 0.326 e. The molecule has 11 heteroatoms. The Bertz CT molecular complexity index is 1190. The molecule has 1 fully saturated rings. The zero-order chi connectivity index (χ0) is 24.9. The maximum absolute atomic E-state index is 12.8. The minimum absolute atomic E-state index is 0.107. The van der Waals surface area contributed by atoms with Gasteiger partial charge in [0.1, 0.15) is 0 Å². The number of amides is 1. The molecule has 0 aliphatic carbocycles. The van der Waals surface area contributed by atoms with E-state index < -0.39 is 20.0 Å². The molecule has 0 unspecified atom stereocenters. The van der Waals surface area contributed by atoms with Crippen LogP contribution in [0.5, 0.6) is 0 Å². The SMILES string of the molecule is CCN(CC)S(=O)(=O)c1ccc(NC(=O)C2CCN(S(=O)(=O)Cc3ccc(Cl)cc3)CC2)cc1. The van der Waals surface area contributed by atoms with Crippen molar-refractivity contribution in [3.63, 3.8) is 0 Å². The van der Waals surface area contributed by atoms with Crippen molar-refractivity contribution in [3.05, 3.63) is 59.1 Å². The normalized spacial score (nSPS) is 16.0. The van der Waals surface area contributed by atoms with Gasteiger partial charge in [-0.1, -0.05) is 37.6 Å². The highest BCUT2D eigenvalue weighted by Crippen LogP contribution is 2.24. The number of halogens is 1. The number of carbonyl (C=O) groups is 1. The highest BCUT2D eigenvalue weighted by atomic mass is 35.5. The molecule has 2 aromatic carbocycles. The van der Waals surface area contributed by atoms with Crippen molar-refractivity contribution in [2.24, 2.45) is 5.92 Å². The number of hydrogen-bond donors (Lipinski definition) is 1. The first-order valence-corrected chi connectivity index (χ1v) is 14.6. The van der Waals surface area contributed by atoms with E-state index in [1.165, 1.54) is 20.7 Å². The van der Waals surface area contributed by atoms with E-state index >= 15 is 0 Å². The molecule has 0 bridgehead atoms. The molecule has 1 aliphatic heterocycles. The Kier molecular flexibility index (Phi) is 8.75. The van der Waals surface area contributed by atoms with Crippen molar-refractivity contribution < 1.29 is 21.6 Å². The van der Waals surface area contributed by atoms with Crippen molar-refractivity contribution in [1.82, 2.24) is 8.61 Å². The van der Waals surface area contributed by atoms with Gasteiger partial charge in [0.15, 0.2) is 0 Å². The number of hydrogen-bond acceptors (Lipinski definition) is 5. The summed E-state index contributed by atoms with van der Waals surface area (Å²) < 4.78 is 53.5. The van der Waals surface area contributed by atoms with Gasteiger partial charge in [0.25, 0.3) is 0 Å². The molecule has 1 heterocycles. The summed E-state index contributed by atoms with van der Waals surface area (Å²) in [6.45, 7) is 4.87. The summed E-state index contributed by atoms with van der Waals surface area (Å²) in [6, 6.07) is 12.8. The lowest BCUT2D eigenvalue weighted by atomic mass is 9.97. The van der Waals surface area contributed by atoms with Crippen LogP contribution in [0, 0.1) is 5.92 Å². The fraction of sp³-hybridized carbons (Fsp3) is 0.435. The molecule has 0 aromatic heterocycles. The third-order valence-corrected chi connectivity index (χ3v) is 10.1. The number of carbonyl (C=O) groups excluding carboxylic acids is 1. The molecule has 1 amide bonds. The third-order valence-electron chi connectivity index (χ3n) is 5.95. The van der Waals surface area contributed by atoms with Crippen LogP contribution in [0.15, 0.2) is 53.4 Å². The molecule has 0 radical (unpaired) electrons. The smallest absolute Gasteiger partial charge is 0.243 e. The molecule has 1 aliphatic rings. The predicted molar refractivity (Wildman–Crippen MR) is 134 cm³/mol. The second-order valence-electron chi connectivity index (χ2n) is 8.16. The van der Waals surface area contributed by atoms with Crippen LogP contribution in [-0.4, -0.2) is 57.5 Å². The molecule has 3 rings (SSSR count). The van der Waals surface area contributed by atoms with Crippen LogP contribution in [0.3, 0.4) is 0 Å². The van der Waals surface area contributed by atoms with Crippen molar-refractivity contribution in [2.45, 2.75) is 37.3 Å². The van der Waals surface area contributed by atoms with E-state index in [1.807, 2.05) is 0 Å². The molecule has 0 spiro atoms. The predicted octanol–water partition coefficient (Wildman–Crippen LogP) is 3.55. The highest BCUT2D eigenvalue weighted by molar-refractivity contribution is 7.89. The Morgan fingerprint density at radius 1 is 0.971 bits per heavy atom. The van der Waals surface area contributed by atoms with Crippen molar-refractivity contribution in [3.8, 4) is 0 Å². The maximum Gasteiger partial charge on any atom is 0.243 e. The Hall–Kier alpha value is -1.98. The van der Waals surface area contributed by atoms with Crippen LogP contribution in [0.2, 0.25) is 5.02 Å². The van der Waals surface area contributed by atoms with E-state index in [4.69, 9.17) is 11.6 Å². The second-order valence-corrected chi connectivity index (χ2v) is 12.5. The molecule has 2 aromatic rings. The fourth-order valence-electron chi connectivity index (χ4n) is 3.95. The van der Waals surface area contributed by atoms with Crippen LogP contribution in [0.25, 0.3) is 0 Å². The van der Waals surface area contributed by atoms with Gasteiger partial charge in [0, 0.05) is 42.8 Å². The van der Waals surface area contributed by atoms with Gasteiger partial charge >= 0.3 is 0 Å². The van der Waals surface area contributed by atoms with Crippen LogP contribution < -0.4 is 5.32 Å². The first-order chi connectivity index (χ1) is 16.1. The van der Waals surface area contributed by atoms with Crippen molar-refractivity contribution in [1.29, 1.82) is 0 Å². The van der Waals surface area contributed by atoms with E-state index in [0.717, 1.165) is 0 Å². The summed E-state index contributed by atoms with van der Waals surface area (Å²) in [5.41, 5.74) is 1.16. The van der Waals surface area contributed by atoms with Gasteiger partial charge in [-0.25, -0.2) is 21.1 Å². The Morgan fingerprint density at radius 2 is 1.53 bits per heavy atom. The Labute approximate surface area is 207 Å².